The molecule has 0 spiro atoms. The standard InChI is InChI=1S/C28H26ClFN6O/c1-17-16-36(28(19-5-8-21(30)9-6-19)22-10-7-20(29)14-32-22)18(2)15-35(17)24-13-26(37)34(4)23-11-12-25(31-3)33-27(23)24/h5-14,17-18,28H,15-16H2,1-2,4H3/t17-,18+,28?/m0/s1. The zero-order valence-electron chi connectivity index (χ0n) is 20.8. The number of pyridine rings is 3. The van der Waals surface area contributed by atoms with Gasteiger partial charge in [-0.25, -0.2) is 4.39 Å². The first-order chi connectivity index (χ1) is 17.8. The lowest BCUT2D eigenvalue weighted by atomic mass is 9.96. The Kier molecular flexibility index (Phi) is 6.67. The molecule has 0 radical (unpaired) electrons. The third kappa shape index (κ3) is 4.68. The zero-order valence-corrected chi connectivity index (χ0v) is 21.5. The van der Waals surface area contributed by atoms with Crippen molar-refractivity contribution in [2.45, 2.75) is 32.0 Å². The second-order valence-electron chi connectivity index (χ2n) is 9.48. The second-order valence-corrected chi connectivity index (χ2v) is 9.91. The number of anilines is 1. The van der Waals surface area contributed by atoms with Crippen LogP contribution in [0.4, 0.5) is 15.9 Å². The Morgan fingerprint density at radius 1 is 1.08 bits per heavy atom. The summed E-state index contributed by atoms with van der Waals surface area (Å²) in [6.07, 6.45) is 1.63. The number of hydrogen-bond acceptors (Lipinski definition) is 5. The molecule has 188 valence electrons. The molecule has 5 rings (SSSR count). The largest absolute Gasteiger partial charge is 0.362 e. The summed E-state index contributed by atoms with van der Waals surface area (Å²) in [6.45, 7) is 12.9. The highest BCUT2D eigenvalue weighted by atomic mass is 35.5. The van der Waals surface area contributed by atoms with Crippen LogP contribution in [0.15, 0.2) is 65.6 Å². The average Bonchev–Trinajstić information content (AvgIpc) is 2.90. The average molecular weight is 517 g/mol. The Morgan fingerprint density at radius 3 is 2.51 bits per heavy atom. The predicted molar refractivity (Wildman–Crippen MR) is 144 cm³/mol. The molecule has 0 amide bonds. The van der Waals surface area contributed by atoms with Crippen molar-refractivity contribution in [1.82, 2.24) is 19.4 Å². The SMILES string of the molecule is [C-]#[N+]c1ccc2c(n1)c(N1C[C@@H](C)N(C(c3ccc(F)cc3)c3ccc(Cl)cn3)C[C@@H]1C)cc(=O)n2C. The number of rotatable bonds is 4. The minimum atomic E-state index is -0.290. The lowest BCUT2D eigenvalue weighted by Crippen LogP contribution is -2.57. The molecule has 0 bridgehead atoms. The van der Waals surface area contributed by atoms with Gasteiger partial charge in [-0.3, -0.25) is 14.7 Å². The molecule has 0 N–H and O–H groups in total. The van der Waals surface area contributed by atoms with Gasteiger partial charge in [0.25, 0.3) is 11.4 Å². The van der Waals surface area contributed by atoms with Gasteiger partial charge >= 0.3 is 0 Å². The molecule has 4 heterocycles. The van der Waals surface area contributed by atoms with E-state index in [-0.39, 0.29) is 35.3 Å². The number of fused-ring (bicyclic) bond motifs is 1. The van der Waals surface area contributed by atoms with E-state index in [9.17, 15) is 9.18 Å². The van der Waals surface area contributed by atoms with Gasteiger partial charge in [0.05, 0.1) is 28.0 Å². The highest BCUT2D eigenvalue weighted by Crippen LogP contribution is 2.35. The van der Waals surface area contributed by atoms with Crippen molar-refractivity contribution < 1.29 is 4.39 Å². The van der Waals surface area contributed by atoms with E-state index in [1.165, 1.54) is 12.1 Å². The van der Waals surface area contributed by atoms with Gasteiger partial charge in [-0.2, -0.15) is 0 Å². The minimum Gasteiger partial charge on any atom is -0.362 e. The van der Waals surface area contributed by atoms with Crippen LogP contribution in [0.25, 0.3) is 15.9 Å². The highest BCUT2D eigenvalue weighted by molar-refractivity contribution is 6.30. The number of hydrogen-bond donors (Lipinski definition) is 0. The molecule has 1 aromatic carbocycles. The van der Waals surface area contributed by atoms with Gasteiger partial charge in [0, 0.05) is 44.5 Å². The van der Waals surface area contributed by atoms with Crippen molar-refractivity contribution >= 4 is 34.1 Å². The van der Waals surface area contributed by atoms with Gasteiger partial charge in [0.2, 0.25) is 5.52 Å². The number of aromatic nitrogens is 3. The van der Waals surface area contributed by atoms with Crippen LogP contribution in [-0.2, 0) is 7.05 Å². The third-order valence-electron chi connectivity index (χ3n) is 7.06. The summed E-state index contributed by atoms with van der Waals surface area (Å²) in [4.78, 5) is 30.0. The lowest BCUT2D eigenvalue weighted by Gasteiger charge is -2.48. The summed E-state index contributed by atoms with van der Waals surface area (Å²) >= 11 is 6.12. The van der Waals surface area contributed by atoms with Crippen molar-refractivity contribution in [2.75, 3.05) is 18.0 Å². The Labute approximate surface area is 219 Å². The summed E-state index contributed by atoms with van der Waals surface area (Å²) in [5.74, 6) is -0.00135. The maximum Gasteiger partial charge on any atom is 0.270 e. The minimum absolute atomic E-state index is 0.0140. The van der Waals surface area contributed by atoms with Crippen molar-refractivity contribution in [2.24, 2.45) is 7.05 Å². The Bertz CT molecular complexity index is 1500. The molecule has 7 nitrogen and oxygen atoms in total. The normalized spacial score (nSPS) is 19.1. The Hall–Kier alpha value is -3.80. The molecule has 0 saturated carbocycles. The summed E-state index contributed by atoms with van der Waals surface area (Å²) in [7, 11) is 1.71. The van der Waals surface area contributed by atoms with E-state index in [1.54, 1.807) is 48.1 Å². The Balaban J connectivity index is 1.55. The van der Waals surface area contributed by atoms with Gasteiger partial charge in [-0.1, -0.05) is 30.3 Å². The van der Waals surface area contributed by atoms with E-state index in [2.05, 4.69) is 38.5 Å². The van der Waals surface area contributed by atoms with E-state index >= 15 is 0 Å². The van der Waals surface area contributed by atoms with E-state index < -0.39 is 0 Å². The number of piperazine rings is 1. The fourth-order valence-corrected chi connectivity index (χ4v) is 5.27. The van der Waals surface area contributed by atoms with Crippen LogP contribution in [0.3, 0.4) is 0 Å². The molecule has 1 unspecified atom stereocenters. The molecule has 0 aliphatic carbocycles. The summed E-state index contributed by atoms with van der Waals surface area (Å²) in [5, 5.41) is 0.552. The van der Waals surface area contributed by atoms with E-state index in [0.29, 0.717) is 29.1 Å². The lowest BCUT2D eigenvalue weighted by molar-refractivity contribution is 0.128. The maximum absolute atomic E-state index is 13.8. The monoisotopic (exact) mass is 516 g/mol. The molecule has 9 heteroatoms. The highest BCUT2D eigenvalue weighted by Gasteiger charge is 2.37. The topological polar surface area (TPSA) is 58.6 Å². The fourth-order valence-electron chi connectivity index (χ4n) is 5.16. The fraction of sp³-hybridized carbons (Fsp3) is 0.286. The van der Waals surface area contributed by atoms with Crippen molar-refractivity contribution in [3.63, 3.8) is 0 Å². The van der Waals surface area contributed by atoms with Crippen molar-refractivity contribution in [3.05, 3.63) is 105 Å². The van der Waals surface area contributed by atoms with Crippen LogP contribution < -0.4 is 10.5 Å². The van der Waals surface area contributed by atoms with Crippen LogP contribution in [0.1, 0.15) is 31.1 Å². The maximum atomic E-state index is 13.8. The number of benzene rings is 1. The van der Waals surface area contributed by atoms with Gasteiger partial charge in [0.1, 0.15) is 5.82 Å². The van der Waals surface area contributed by atoms with E-state index in [1.807, 2.05) is 12.1 Å². The van der Waals surface area contributed by atoms with Gasteiger partial charge in [0.15, 0.2) is 0 Å². The van der Waals surface area contributed by atoms with Crippen LogP contribution in [-0.4, -0.2) is 44.6 Å². The Morgan fingerprint density at radius 2 is 1.84 bits per heavy atom. The predicted octanol–water partition coefficient (Wildman–Crippen LogP) is 5.36. The molecule has 37 heavy (non-hydrogen) atoms. The molecule has 1 aliphatic heterocycles. The smallest absolute Gasteiger partial charge is 0.270 e. The first-order valence-electron chi connectivity index (χ1n) is 12.0. The quantitative estimate of drug-likeness (QED) is 0.342. The molecule has 1 saturated heterocycles. The van der Waals surface area contributed by atoms with Gasteiger partial charge in [-0.05, 0) is 55.8 Å². The zero-order chi connectivity index (χ0) is 26.3. The number of nitrogens with zero attached hydrogens (tertiary/aromatic N) is 6. The van der Waals surface area contributed by atoms with Crippen LogP contribution in [0, 0.1) is 12.4 Å². The van der Waals surface area contributed by atoms with Crippen LogP contribution in [0.5, 0.6) is 0 Å². The van der Waals surface area contributed by atoms with Crippen molar-refractivity contribution in [1.29, 1.82) is 0 Å². The van der Waals surface area contributed by atoms with E-state index in [4.69, 9.17) is 18.2 Å². The molecule has 3 aromatic heterocycles. The summed E-state index contributed by atoms with van der Waals surface area (Å²) < 4.78 is 15.3. The summed E-state index contributed by atoms with van der Waals surface area (Å²) in [5.41, 5.74) is 3.68. The molecule has 3 atom stereocenters. The molecular weight excluding hydrogens is 491 g/mol. The first-order valence-corrected chi connectivity index (χ1v) is 12.4. The van der Waals surface area contributed by atoms with E-state index in [0.717, 1.165) is 16.9 Å². The first kappa shape index (κ1) is 24.9. The molecule has 1 aliphatic rings. The number of halogens is 2. The second kappa shape index (κ2) is 9.92. The molecular formula is C28H26ClFN6O. The van der Waals surface area contributed by atoms with Crippen LogP contribution >= 0.6 is 11.6 Å². The van der Waals surface area contributed by atoms with Gasteiger partial charge < -0.3 is 14.3 Å². The summed E-state index contributed by atoms with van der Waals surface area (Å²) in [6, 6.07) is 15.1. The molecule has 1 fully saturated rings. The third-order valence-corrected chi connectivity index (χ3v) is 7.28. The van der Waals surface area contributed by atoms with Crippen molar-refractivity contribution in [3.8, 4) is 0 Å². The van der Waals surface area contributed by atoms with Crippen LogP contribution in [0.2, 0.25) is 5.02 Å². The molecule has 4 aromatic rings. The van der Waals surface area contributed by atoms with Gasteiger partial charge in [-0.15, -0.1) is 4.98 Å². The number of aryl methyl sites for hydroxylation is 1.